The lowest BCUT2D eigenvalue weighted by Crippen LogP contribution is -2.16. The highest BCUT2D eigenvalue weighted by atomic mass is 79.9. The summed E-state index contributed by atoms with van der Waals surface area (Å²) in [5, 5.41) is 12.1. The maximum atomic E-state index is 5.87. The number of benzene rings is 1. The fourth-order valence-corrected chi connectivity index (χ4v) is 2.94. The molecule has 0 unspecified atom stereocenters. The number of aromatic nitrogens is 4. The zero-order valence-electron chi connectivity index (χ0n) is 11.9. The third kappa shape index (κ3) is 3.08. The summed E-state index contributed by atoms with van der Waals surface area (Å²) in [6.45, 7) is 1.60. The highest BCUT2D eigenvalue weighted by Crippen LogP contribution is 2.50. The second-order valence-electron chi connectivity index (χ2n) is 5.64. The zero-order chi connectivity index (χ0) is 14.9. The Balaban J connectivity index is 1.86. The summed E-state index contributed by atoms with van der Waals surface area (Å²) in [5.41, 5.74) is 7.77. The van der Waals surface area contributed by atoms with E-state index in [2.05, 4.69) is 31.5 Å². The summed E-state index contributed by atoms with van der Waals surface area (Å²) in [4.78, 5) is 0. The minimum absolute atomic E-state index is 0.285. The Kier molecular flexibility index (Phi) is 3.95. The minimum atomic E-state index is 0.285. The average molecular weight is 352 g/mol. The van der Waals surface area contributed by atoms with Gasteiger partial charge in [-0.2, -0.15) is 0 Å². The second-order valence-corrected chi connectivity index (χ2v) is 6.50. The Morgan fingerprint density at radius 1 is 1.43 bits per heavy atom. The van der Waals surface area contributed by atoms with E-state index in [1.54, 1.807) is 7.11 Å². The molecule has 1 saturated carbocycles. The number of nitrogen functional groups attached to an aromatic ring is 1. The highest BCUT2D eigenvalue weighted by Gasteiger charge is 2.43. The van der Waals surface area contributed by atoms with Gasteiger partial charge in [-0.05, 0) is 53.3 Å². The van der Waals surface area contributed by atoms with E-state index in [1.165, 1.54) is 12.8 Å². The molecule has 0 spiro atoms. The summed E-state index contributed by atoms with van der Waals surface area (Å²) in [6.07, 6.45) is 3.45. The fourth-order valence-electron chi connectivity index (χ4n) is 2.52. The average Bonchev–Trinajstić information content (AvgIpc) is 3.08. The molecule has 3 rings (SSSR count). The molecule has 0 saturated heterocycles. The standard InChI is InChI=1S/C14H18BrN5O/c1-21-7-6-14(4-5-14)9-20-13(17-18-19-20)11-8-10(16)2-3-12(11)15/h2-3,8H,4-7,9,16H2,1H3. The van der Waals surface area contributed by atoms with Crippen LogP contribution in [-0.4, -0.2) is 33.9 Å². The van der Waals surface area contributed by atoms with Crippen molar-refractivity contribution in [2.75, 3.05) is 19.5 Å². The third-order valence-electron chi connectivity index (χ3n) is 4.04. The number of hydrogen-bond acceptors (Lipinski definition) is 5. The van der Waals surface area contributed by atoms with Gasteiger partial charge in [0.1, 0.15) is 0 Å². The van der Waals surface area contributed by atoms with E-state index in [1.807, 2.05) is 22.9 Å². The van der Waals surface area contributed by atoms with Crippen molar-refractivity contribution in [3.8, 4) is 11.4 Å². The normalized spacial score (nSPS) is 16.1. The van der Waals surface area contributed by atoms with Crippen LogP contribution in [0.5, 0.6) is 0 Å². The highest BCUT2D eigenvalue weighted by molar-refractivity contribution is 9.10. The van der Waals surface area contributed by atoms with Crippen molar-refractivity contribution < 1.29 is 4.74 Å². The Morgan fingerprint density at radius 2 is 2.24 bits per heavy atom. The summed E-state index contributed by atoms with van der Waals surface area (Å²) >= 11 is 3.54. The van der Waals surface area contributed by atoms with Gasteiger partial charge in [-0.25, -0.2) is 4.68 Å². The van der Waals surface area contributed by atoms with Crippen molar-refractivity contribution in [1.82, 2.24) is 20.2 Å². The zero-order valence-corrected chi connectivity index (χ0v) is 13.5. The lowest BCUT2D eigenvalue weighted by Gasteiger charge is -2.15. The molecule has 1 fully saturated rings. The van der Waals surface area contributed by atoms with Crippen LogP contribution >= 0.6 is 15.9 Å². The molecular formula is C14H18BrN5O. The van der Waals surface area contributed by atoms with Crippen LogP contribution < -0.4 is 5.73 Å². The molecule has 0 amide bonds. The molecule has 112 valence electrons. The molecule has 2 N–H and O–H groups in total. The van der Waals surface area contributed by atoms with Gasteiger partial charge in [-0.3, -0.25) is 0 Å². The smallest absolute Gasteiger partial charge is 0.183 e. The number of anilines is 1. The number of rotatable bonds is 6. The van der Waals surface area contributed by atoms with Crippen molar-refractivity contribution in [1.29, 1.82) is 0 Å². The number of nitrogens with two attached hydrogens (primary N) is 1. The van der Waals surface area contributed by atoms with E-state index >= 15 is 0 Å². The Hall–Kier alpha value is -1.47. The van der Waals surface area contributed by atoms with Crippen LogP contribution in [0.4, 0.5) is 5.69 Å². The Bertz CT molecular complexity index is 638. The number of halogens is 1. The van der Waals surface area contributed by atoms with Gasteiger partial charge in [0.05, 0.1) is 6.54 Å². The molecule has 1 aliphatic carbocycles. The van der Waals surface area contributed by atoms with E-state index in [0.717, 1.165) is 35.4 Å². The van der Waals surface area contributed by atoms with Crippen LogP contribution in [0.1, 0.15) is 19.3 Å². The van der Waals surface area contributed by atoms with E-state index in [9.17, 15) is 0 Å². The van der Waals surface area contributed by atoms with Crippen LogP contribution in [-0.2, 0) is 11.3 Å². The first-order chi connectivity index (χ1) is 10.1. The predicted molar refractivity (Wildman–Crippen MR) is 83.5 cm³/mol. The lowest BCUT2D eigenvalue weighted by molar-refractivity contribution is 0.165. The molecule has 1 aromatic heterocycles. The van der Waals surface area contributed by atoms with Crippen LogP contribution in [0.3, 0.4) is 0 Å². The van der Waals surface area contributed by atoms with Crippen molar-refractivity contribution in [2.45, 2.75) is 25.8 Å². The SMILES string of the molecule is COCCC1(Cn2nnnc2-c2cc(N)ccc2Br)CC1. The van der Waals surface area contributed by atoms with Gasteiger partial charge < -0.3 is 10.5 Å². The van der Waals surface area contributed by atoms with Crippen LogP contribution in [0.25, 0.3) is 11.4 Å². The lowest BCUT2D eigenvalue weighted by atomic mass is 10.0. The molecule has 0 radical (unpaired) electrons. The summed E-state index contributed by atoms with van der Waals surface area (Å²) in [7, 11) is 1.74. The summed E-state index contributed by atoms with van der Waals surface area (Å²) in [5.74, 6) is 0.748. The van der Waals surface area contributed by atoms with Crippen molar-refractivity contribution >= 4 is 21.6 Å². The number of nitrogens with zero attached hydrogens (tertiary/aromatic N) is 4. The molecule has 1 aliphatic rings. The molecular weight excluding hydrogens is 334 g/mol. The van der Waals surface area contributed by atoms with Gasteiger partial charge in [0, 0.05) is 29.4 Å². The molecule has 7 heteroatoms. The monoisotopic (exact) mass is 351 g/mol. The maximum absolute atomic E-state index is 5.87. The third-order valence-corrected chi connectivity index (χ3v) is 4.73. The molecule has 0 atom stereocenters. The number of methoxy groups -OCH3 is 1. The summed E-state index contributed by atoms with van der Waals surface area (Å²) < 4.78 is 8.02. The van der Waals surface area contributed by atoms with Gasteiger partial charge in [0.2, 0.25) is 0 Å². The van der Waals surface area contributed by atoms with Crippen molar-refractivity contribution in [2.24, 2.45) is 5.41 Å². The van der Waals surface area contributed by atoms with Crippen molar-refractivity contribution in [3.05, 3.63) is 22.7 Å². The first kappa shape index (κ1) is 14.5. The second kappa shape index (κ2) is 5.73. The largest absolute Gasteiger partial charge is 0.399 e. The van der Waals surface area contributed by atoms with Crippen LogP contribution in [0.2, 0.25) is 0 Å². The van der Waals surface area contributed by atoms with E-state index < -0.39 is 0 Å². The molecule has 6 nitrogen and oxygen atoms in total. The van der Waals surface area contributed by atoms with Crippen LogP contribution in [0, 0.1) is 5.41 Å². The van der Waals surface area contributed by atoms with E-state index in [4.69, 9.17) is 10.5 Å². The van der Waals surface area contributed by atoms with Gasteiger partial charge in [-0.1, -0.05) is 15.9 Å². The Labute approximate surface area is 131 Å². The number of ether oxygens (including phenoxy) is 1. The van der Waals surface area contributed by atoms with Gasteiger partial charge >= 0.3 is 0 Å². The topological polar surface area (TPSA) is 78.8 Å². The van der Waals surface area contributed by atoms with Crippen LogP contribution in [0.15, 0.2) is 22.7 Å². The summed E-state index contributed by atoms with van der Waals surface area (Å²) in [6, 6.07) is 5.66. The predicted octanol–water partition coefficient (Wildman–Crippen LogP) is 2.50. The minimum Gasteiger partial charge on any atom is -0.399 e. The van der Waals surface area contributed by atoms with E-state index in [0.29, 0.717) is 5.69 Å². The van der Waals surface area contributed by atoms with Gasteiger partial charge in [0.15, 0.2) is 5.82 Å². The first-order valence-electron chi connectivity index (χ1n) is 6.94. The number of tetrazole rings is 1. The molecule has 0 aliphatic heterocycles. The molecule has 21 heavy (non-hydrogen) atoms. The molecule has 1 aromatic carbocycles. The van der Waals surface area contributed by atoms with E-state index in [-0.39, 0.29) is 5.41 Å². The fraction of sp³-hybridized carbons (Fsp3) is 0.500. The molecule has 2 aromatic rings. The quantitative estimate of drug-likeness (QED) is 0.808. The number of hydrogen-bond donors (Lipinski definition) is 1. The first-order valence-corrected chi connectivity index (χ1v) is 7.73. The maximum Gasteiger partial charge on any atom is 0.183 e. The molecule has 0 bridgehead atoms. The van der Waals surface area contributed by atoms with Crippen molar-refractivity contribution in [3.63, 3.8) is 0 Å². The molecule has 1 heterocycles. The van der Waals surface area contributed by atoms with Gasteiger partial charge in [-0.15, -0.1) is 5.10 Å². The van der Waals surface area contributed by atoms with Gasteiger partial charge in [0.25, 0.3) is 0 Å². The Morgan fingerprint density at radius 3 is 2.95 bits per heavy atom.